The zero-order chi connectivity index (χ0) is 8.39. The summed E-state index contributed by atoms with van der Waals surface area (Å²) >= 11 is 3.48. The number of epoxide rings is 1. The Morgan fingerprint density at radius 1 is 1.42 bits per heavy atom. The Bertz CT molecular complexity index is 288. The van der Waals surface area contributed by atoms with Crippen LogP contribution in [0.5, 0.6) is 0 Å². The second-order valence-corrected chi connectivity index (χ2v) is 3.68. The maximum atomic E-state index is 5.13. The molecule has 1 atom stereocenters. The average molecular weight is 225 g/mol. The molecule has 1 aromatic carbocycles. The van der Waals surface area contributed by atoms with Gasteiger partial charge >= 0.3 is 0 Å². The standard InChI is InChI=1S/C10H9BrO/c11-9(10-7-12-10)6-8-4-2-1-3-5-8/h1-6,10H,7H2/b9-6+. The van der Waals surface area contributed by atoms with Crippen LogP contribution in [0.25, 0.3) is 6.08 Å². The van der Waals surface area contributed by atoms with Crippen LogP contribution in [-0.4, -0.2) is 12.7 Å². The molecule has 2 heteroatoms. The van der Waals surface area contributed by atoms with E-state index in [1.165, 1.54) is 5.56 Å². The lowest BCUT2D eigenvalue weighted by Crippen LogP contribution is -1.82. The van der Waals surface area contributed by atoms with Gasteiger partial charge in [0.1, 0.15) is 6.10 Å². The molecule has 0 radical (unpaired) electrons. The molecule has 0 aromatic heterocycles. The number of hydrogen-bond acceptors (Lipinski definition) is 1. The fraction of sp³-hybridized carbons (Fsp3) is 0.200. The minimum atomic E-state index is 0.310. The van der Waals surface area contributed by atoms with E-state index in [4.69, 9.17) is 4.74 Å². The summed E-state index contributed by atoms with van der Waals surface area (Å²) in [6.07, 6.45) is 2.41. The van der Waals surface area contributed by atoms with Gasteiger partial charge in [0.15, 0.2) is 0 Å². The third-order valence-electron chi connectivity index (χ3n) is 1.75. The highest BCUT2D eigenvalue weighted by atomic mass is 79.9. The van der Waals surface area contributed by atoms with E-state index >= 15 is 0 Å². The van der Waals surface area contributed by atoms with E-state index in [2.05, 4.69) is 34.1 Å². The molecule has 0 N–H and O–H groups in total. The lowest BCUT2D eigenvalue weighted by Gasteiger charge is -1.93. The smallest absolute Gasteiger partial charge is 0.112 e. The molecular formula is C10H9BrO. The largest absolute Gasteiger partial charge is 0.367 e. The Balaban J connectivity index is 2.15. The van der Waals surface area contributed by atoms with Crippen LogP contribution in [0.15, 0.2) is 34.8 Å². The van der Waals surface area contributed by atoms with Gasteiger partial charge in [0, 0.05) is 4.48 Å². The number of hydrogen-bond donors (Lipinski definition) is 0. The lowest BCUT2D eigenvalue weighted by molar-refractivity contribution is 0.439. The molecule has 1 saturated heterocycles. The summed E-state index contributed by atoms with van der Waals surface area (Å²) in [5, 5.41) is 0. The van der Waals surface area contributed by atoms with Crippen LogP contribution >= 0.6 is 15.9 Å². The zero-order valence-electron chi connectivity index (χ0n) is 6.53. The third kappa shape index (κ3) is 1.96. The van der Waals surface area contributed by atoms with Crippen LogP contribution in [0.4, 0.5) is 0 Å². The highest BCUT2D eigenvalue weighted by molar-refractivity contribution is 9.11. The molecule has 0 amide bonds. The third-order valence-corrected chi connectivity index (χ3v) is 2.48. The first-order chi connectivity index (χ1) is 5.86. The summed E-state index contributed by atoms with van der Waals surface area (Å²) in [5.41, 5.74) is 1.21. The predicted octanol–water partition coefficient (Wildman–Crippen LogP) is 2.82. The van der Waals surface area contributed by atoms with Gasteiger partial charge in [0.25, 0.3) is 0 Å². The molecule has 1 fully saturated rings. The number of rotatable bonds is 2. The van der Waals surface area contributed by atoms with Gasteiger partial charge in [-0.15, -0.1) is 0 Å². The molecule has 2 rings (SSSR count). The van der Waals surface area contributed by atoms with E-state index in [0.29, 0.717) is 6.10 Å². The SMILES string of the molecule is Br/C(=C/c1ccccc1)C1CO1. The van der Waals surface area contributed by atoms with Crippen LogP contribution in [0.3, 0.4) is 0 Å². The van der Waals surface area contributed by atoms with E-state index in [9.17, 15) is 0 Å². The van der Waals surface area contributed by atoms with Crippen molar-refractivity contribution in [2.45, 2.75) is 6.10 Å². The summed E-state index contributed by atoms with van der Waals surface area (Å²) in [6, 6.07) is 10.2. The fourth-order valence-corrected chi connectivity index (χ4v) is 1.54. The number of benzene rings is 1. The van der Waals surface area contributed by atoms with Gasteiger partial charge in [-0.2, -0.15) is 0 Å². The molecule has 1 aromatic rings. The molecule has 1 nitrogen and oxygen atoms in total. The first-order valence-electron chi connectivity index (χ1n) is 3.90. The van der Waals surface area contributed by atoms with Gasteiger partial charge in [-0.05, 0) is 11.6 Å². The number of halogens is 1. The van der Waals surface area contributed by atoms with Crippen LogP contribution in [0, 0.1) is 0 Å². The second-order valence-electron chi connectivity index (χ2n) is 2.76. The highest BCUT2D eigenvalue weighted by Gasteiger charge is 2.25. The van der Waals surface area contributed by atoms with Crippen molar-refractivity contribution in [2.75, 3.05) is 6.61 Å². The highest BCUT2D eigenvalue weighted by Crippen LogP contribution is 2.26. The molecule has 0 aliphatic carbocycles. The van der Waals surface area contributed by atoms with Crippen molar-refractivity contribution in [1.29, 1.82) is 0 Å². The van der Waals surface area contributed by atoms with Gasteiger partial charge in [0.05, 0.1) is 6.61 Å². The molecule has 12 heavy (non-hydrogen) atoms. The van der Waals surface area contributed by atoms with Crippen LogP contribution in [-0.2, 0) is 4.74 Å². The Morgan fingerprint density at radius 3 is 2.67 bits per heavy atom. The van der Waals surface area contributed by atoms with Gasteiger partial charge in [-0.1, -0.05) is 46.3 Å². The topological polar surface area (TPSA) is 12.5 Å². The zero-order valence-corrected chi connectivity index (χ0v) is 8.12. The van der Waals surface area contributed by atoms with E-state index in [-0.39, 0.29) is 0 Å². The molecule has 1 heterocycles. The van der Waals surface area contributed by atoms with E-state index < -0.39 is 0 Å². The summed E-state index contributed by atoms with van der Waals surface area (Å²) in [5.74, 6) is 0. The van der Waals surface area contributed by atoms with Gasteiger partial charge in [-0.25, -0.2) is 0 Å². The summed E-state index contributed by atoms with van der Waals surface area (Å²) in [7, 11) is 0. The Labute approximate surface area is 80.2 Å². The van der Waals surface area contributed by atoms with Crippen LogP contribution in [0.1, 0.15) is 5.56 Å². The van der Waals surface area contributed by atoms with Crippen molar-refractivity contribution >= 4 is 22.0 Å². The maximum Gasteiger partial charge on any atom is 0.112 e. The average Bonchev–Trinajstić information content (AvgIpc) is 2.88. The maximum absolute atomic E-state index is 5.13. The molecule has 0 spiro atoms. The normalized spacial score (nSPS) is 22.4. The van der Waals surface area contributed by atoms with E-state index in [1.54, 1.807) is 0 Å². The molecule has 62 valence electrons. The minimum Gasteiger partial charge on any atom is -0.367 e. The first-order valence-corrected chi connectivity index (χ1v) is 4.69. The molecule has 0 saturated carbocycles. The summed E-state index contributed by atoms with van der Waals surface area (Å²) < 4.78 is 6.26. The van der Waals surface area contributed by atoms with Crippen molar-refractivity contribution in [3.05, 3.63) is 40.4 Å². The fourth-order valence-electron chi connectivity index (χ4n) is 1.01. The molecule has 1 aliphatic heterocycles. The molecule has 0 bridgehead atoms. The Hall–Kier alpha value is -0.600. The summed E-state index contributed by atoms with van der Waals surface area (Å²) in [4.78, 5) is 0. The van der Waals surface area contributed by atoms with E-state index in [1.807, 2.05) is 18.2 Å². The Morgan fingerprint density at radius 2 is 2.08 bits per heavy atom. The Kier molecular flexibility index (Phi) is 2.28. The quantitative estimate of drug-likeness (QED) is 0.705. The molecule has 1 aliphatic rings. The van der Waals surface area contributed by atoms with Crippen LogP contribution in [0.2, 0.25) is 0 Å². The van der Waals surface area contributed by atoms with E-state index in [0.717, 1.165) is 11.1 Å². The van der Waals surface area contributed by atoms with Gasteiger partial charge < -0.3 is 4.74 Å². The lowest BCUT2D eigenvalue weighted by atomic mass is 10.2. The van der Waals surface area contributed by atoms with Crippen molar-refractivity contribution < 1.29 is 4.74 Å². The number of ether oxygens (including phenoxy) is 1. The van der Waals surface area contributed by atoms with Crippen molar-refractivity contribution in [3.63, 3.8) is 0 Å². The van der Waals surface area contributed by atoms with Crippen molar-refractivity contribution in [3.8, 4) is 0 Å². The second kappa shape index (κ2) is 3.42. The van der Waals surface area contributed by atoms with Gasteiger partial charge in [-0.3, -0.25) is 0 Å². The monoisotopic (exact) mass is 224 g/mol. The summed E-state index contributed by atoms with van der Waals surface area (Å²) in [6.45, 7) is 0.851. The predicted molar refractivity (Wildman–Crippen MR) is 53.1 cm³/mol. The minimum absolute atomic E-state index is 0.310. The van der Waals surface area contributed by atoms with Gasteiger partial charge in [0.2, 0.25) is 0 Å². The first kappa shape index (κ1) is 8.02. The van der Waals surface area contributed by atoms with Crippen molar-refractivity contribution in [1.82, 2.24) is 0 Å². The van der Waals surface area contributed by atoms with Crippen LogP contribution < -0.4 is 0 Å². The van der Waals surface area contributed by atoms with Crippen molar-refractivity contribution in [2.24, 2.45) is 0 Å². The molecule has 1 unspecified atom stereocenters. The molecular weight excluding hydrogens is 216 g/mol.